The zero-order valence-corrected chi connectivity index (χ0v) is 13.9. The predicted octanol–water partition coefficient (Wildman–Crippen LogP) is 3.35. The van der Waals surface area contributed by atoms with E-state index in [-0.39, 0.29) is 11.9 Å². The summed E-state index contributed by atoms with van der Waals surface area (Å²) in [6.45, 7) is 3.82. The number of nitrogens with one attached hydrogen (secondary N) is 1. The van der Waals surface area contributed by atoms with Crippen molar-refractivity contribution < 1.29 is 13.9 Å². The second-order valence-corrected chi connectivity index (χ2v) is 5.88. The van der Waals surface area contributed by atoms with Gasteiger partial charge in [-0.3, -0.25) is 4.79 Å². The predicted molar refractivity (Wildman–Crippen MR) is 87.9 cm³/mol. The number of amides is 1. The lowest BCUT2D eigenvalue weighted by molar-refractivity contribution is 0.0938. The highest BCUT2D eigenvalue weighted by Crippen LogP contribution is 2.31. The van der Waals surface area contributed by atoms with Gasteiger partial charge in [-0.1, -0.05) is 23.5 Å². The van der Waals surface area contributed by atoms with E-state index in [0.717, 1.165) is 16.9 Å². The summed E-state index contributed by atoms with van der Waals surface area (Å²) < 4.78 is 15.0. The second-order valence-electron chi connectivity index (χ2n) is 5.12. The Kier molecular flexibility index (Phi) is 4.29. The van der Waals surface area contributed by atoms with Crippen molar-refractivity contribution in [3.8, 4) is 5.75 Å². The van der Waals surface area contributed by atoms with Crippen molar-refractivity contribution in [3.63, 3.8) is 0 Å². The minimum atomic E-state index is -0.272. The van der Waals surface area contributed by atoms with Crippen molar-refractivity contribution in [1.82, 2.24) is 14.9 Å². The molecule has 120 valence electrons. The molecule has 0 spiro atoms. The molecule has 0 fully saturated rings. The Bertz CT molecular complexity index is 840. The summed E-state index contributed by atoms with van der Waals surface area (Å²) in [5.74, 6) is 1.16. The third-order valence-corrected chi connectivity index (χ3v) is 4.39. The molecule has 0 saturated carbocycles. The van der Waals surface area contributed by atoms with Gasteiger partial charge in [0.1, 0.15) is 10.6 Å². The average Bonchev–Trinajstić information content (AvgIpc) is 3.20. The Labute approximate surface area is 137 Å². The maximum absolute atomic E-state index is 12.4. The van der Waals surface area contributed by atoms with Crippen LogP contribution in [-0.4, -0.2) is 22.6 Å². The first-order valence-corrected chi connectivity index (χ1v) is 8.10. The number of para-hydroxylation sites is 1. The molecule has 2 aromatic heterocycles. The maximum atomic E-state index is 12.4. The zero-order chi connectivity index (χ0) is 16.4. The van der Waals surface area contributed by atoms with Crippen LogP contribution in [0.3, 0.4) is 0 Å². The standard InChI is InChI=1S/C16H17N3O3S/c1-4-11-15(23-19-18-11)16(20)17-9(2)13-8-10-6-5-7-12(21-3)14(10)22-13/h5-9H,4H2,1-3H3,(H,17,20). The number of aryl methyl sites for hydroxylation is 1. The number of hydrogen-bond acceptors (Lipinski definition) is 6. The molecule has 0 aliphatic rings. The SMILES string of the molecule is CCc1nnsc1C(=O)NC(C)c1cc2cccc(OC)c2o1. The molecule has 1 atom stereocenters. The number of furan rings is 1. The fraction of sp³-hybridized carbons (Fsp3) is 0.312. The molecule has 0 saturated heterocycles. The summed E-state index contributed by atoms with van der Waals surface area (Å²) in [5.41, 5.74) is 1.39. The number of rotatable bonds is 5. The molecular weight excluding hydrogens is 314 g/mol. The van der Waals surface area contributed by atoms with Gasteiger partial charge in [0.15, 0.2) is 11.3 Å². The molecule has 0 radical (unpaired) electrons. The lowest BCUT2D eigenvalue weighted by Crippen LogP contribution is -2.26. The quantitative estimate of drug-likeness (QED) is 0.776. The summed E-state index contributed by atoms with van der Waals surface area (Å²) in [6.07, 6.45) is 0.676. The number of ether oxygens (including phenoxy) is 1. The number of methoxy groups -OCH3 is 1. The van der Waals surface area contributed by atoms with Gasteiger partial charge in [-0.15, -0.1) is 5.10 Å². The molecule has 1 aromatic carbocycles. The largest absolute Gasteiger partial charge is 0.493 e. The van der Waals surface area contributed by atoms with Crippen LogP contribution in [0.25, 0.3) is 11.0 Å². The number of carbonyl (C=O) groups excluding carboxylic acids is 1. The molecule has 7 heteroatoms. The summed E-state index contributed by atoms with van der Waals surface area (Å²) in [5, 5.41) is 7.83. The highest BCUT2D eigenvalue weighted by molar-refractivity contribution is 7.08. The second kappa shape index (κ2) is 6.37. The van der Waals surface area contributed by atoms with Crippen LogP contribution in [0.5, 0.6) is 5.75 Å². The van der Waals surface area contributed by atoms with E-state index in [1.165, 1.54) is 0 Å². The van der Waals surface area contributed by atoms with E-state index < -0.39 is 0 Å². The summed E-state index contributed by atoms with van der Waals surface area (Å²) in [7, 11) is 1.60. The highest BCUT2D eigenvalue weighted by atomic mass is 32.1. The Balaban J connectivity index is 1.83. The van der Waals surface area contributed by atoms with Crippen LogP contribution in [-0.2, 0) is 6.42 Å². The number of carbonyl (C=O) groups is 1. The third kappa shape index (κ3) is 2.92. The molecule has 1 amide bonds. The van der Waals surface area contributed by atoms with Crippen molar-refractivity contribution >= 4 is 28.4 Å². The first-order valence-electron chi connectivity index (χ1n) is 7.32. The zero-order valence-electron chi connectivity index (χ0n) is 13.1. The van der Waals surface area contributed by atoms with E-state index in [0.29, 0.717) is 34.1 Å². The van der Waals surface area contributed by atoms with Crippen LogP contribution in [0.2, 0.25) is 0 Å². The smallest absolute Gasteiger partial charge is 0.265 e. The van der Waals surface area contributed by atoms with Crippen molar-refractivity contribution in [2.24, 2.45) is 0 Å². The van der Waals surface area contributed by atoms with Gasteiger partial charge in [-0.2, -0.15) is 0 Å². The Hall–Kier alpha value is -2.41. The third-order valence-electron chi connectivity index (χ3n) is 3.62. The normalized spacial score (nSPS) is 12.3. The van der Waals surface area contributed by atoms with E-state index in [4.69, 9.17) is 9.15 Å². The molecule has 0 aliphatic heterocycles. The first kappa shape index (κ1) is 15.5. The maximum Gasteiger partial charge on any atom is 0.265 e. The summed E-state index contributed by atoms with van der Waals surface area (Å²) in [4.78, 5) is 12.9. The molecule has 1 N–H and O–H groups in total. The van der Waals surface area contributed by atoms with Gasteiger partial charge in [0.2, 0.25) is 0 Å². The molecule has 0 bridgehead atoms. The minimum Gasteiger partial charge on any atom is -0.493 e. The number of fused-ring (bicyclic) bond motifs is 1. The van der Waals surface area contributed by atoms with Crippen molar-refractivity contribution in [1.29, 1.82) is 0 Å². The molecule has 3 aromatic rings. The Morgan fingerprint density at radius 3 is 3.04 bits per heavy atom. The molecule has 6 nitrogen and oxygen atoms in total. The molecular formula is C16H17N3O3S. The van der Waals surface area contributed by atoms with Gasteiger partial charge < -0.3 is 14.5 Å². The van der Waals surface area contributed by atoms with Gasteiger partial charge in [0, 0.05) is 5.39 Å². The van der Waals surface area contributed by atoms with E-state index in [2.05, 4.69) is 14.9 Å². The van der Waals surface area contributed by atoms with Crippen LogP contribution in [0.15, 0.2) is 28.7 Å². The monoisotopic (exact) mass is 331 g/mol. The van der Waals surface area contributed by atoms with E-state index >= 15 is 0 Å². The summed E-state index contributed by atoms with van der Waals surface area (Å²) >= 11 is 1.11. The van der Waals surface area contributed by atoms with E-state index in [1.807, 2.05) is 38.1 Å². The van der Waals surface area contributed by atoms with E-state index in [9.17, 15) is 4.79 Å². The van der Waals surface area contributed by atoms with Crippen LogP contribution in [0.1, 0.15) is 41.0 Å². The molecule has 0 aliphatic carbocycles. The van der Waals surface area contributed by atoms with Crippen molar-refractivity contribution in [3.05, 3.63) is 40.6 Å². The van der Waals surface area contributed by atoms with Gasteiger partial charge in [-0.05, 0) is 37.0 Å². The van der Waals surface area contributed by atoms with Crippen LogP contribution in [0.4, 0.5) is 0 Å². The van der Waals surface area contributed by atoms with Gasteiger partial charge >= 0.3 is 0 Å². The minimum absolute atomic E-state index is 0.184. The number of aromatic nitrogens is 2. The first-order chi connectivity index (χ1) is 11.1. The molecule has 1 unspecified atom stereocenters. The Morgan fingerprint density at radius 1 is 1.48 bits per heavy atom. The Morgan fingerprint density at radius 2 is 2.30 bits per heavy atom. The molecule has 2 heterocycles. The lowest BCUT2D eigenvalue weighted by atomic mass is 10.2. The molecule has 3 rings (SSSR count). The van der Waals surface area contributed by atoms with Gasteiger partial charge in [-0.25, -0.2) is 0 Å². The summed E-state index contributed by atoms with van der Waals surface area (Å²) in [6, 6.07) is 7.33. The van der Waals surface area contributed by atoms with Gasteiger partial charge in [0.05, 0.1) is 18.8 Å². The average molecular weight is 331 g/mol. The van der Waals surface area contributed by atoms with Crippen LogP contribution >= 0.6 is 11.5 Å². The van der Waals surface area contributed by atoms with E-state index in [1.54, 1.807) is 7.11 Å². The highest BCUT2D eigenvalue weighted by Gasteiger charge is 2.20. The fourth-order valence-corrected chi connectivity index (χ4v) is 3.03. The van der Waals surface area contributed by atoms with Gasteiger partial charge in [0.25, 0.3) is 5.91 Å². The number of benzene rings is 1. The number of hydrogen-bond donors (Lipinski definition) is 1. The van der Waals surface area contributed by atoms with Crippen molar-refractivity contribution in [2.45, 2.75) is 26.3 Å². The van der Waals surface area contributed by atoms with Crippen LogP contribution in [0, 0.1) is 0 Å². The number of nitrogens with zero attached hydrogens (tertiary/aromatic N) is 2. The lowest BCUT2D eigenvalue weighted by Gasteiger charge is -2.10. The van der Waals surface area contributed by atoms with Crippen molar-refractivity contribution in [2.75, 3.05) is 7.11 Å². The molecule has 23 heavy (non-hydrogen) atoms. The topological polar surface area (TPSA) is 77.2 Å². The fourth-order valence-electron chi connectivity index (χ4n) is 2.38. The van der Waals surface area contributed by atoms with Crippen LogP contribution < -0.4 is 10.1 Å².